The zero-order chi connectivity index (χ0) is 25.5. The van der Waals surface area contributed by atoms with Crippen LogP contribution in [0.1, 0.15) is 41.7 Å². The molecule has 1 atom stereocenters. The average Bonchev–Trinajstić information content (AvgIpc) is 3.08. The number of nitrogens with one attached hydrogen (secondary N) is 3. The molecule has 0 saturated heterocycles. The van der Waals surface area contributed by atoms with E-state index in [1.165, 1.54) is 12.1 Å². The number of methoxy groups -OCH3 is 1. The molecule has 0 unspecified atom stereocenters. The molecule has 0 aliphatic carbocycles. The second-order valence-corrected chi connectivity index (χ2v) is 9.26. The Hall–Kier alpha value is -3.67. The Morgan fingerprint density at radius 2 is 1.91 bits per heavy atom. The third-order valence-electron chi connectivity index (χ3n) is 4.16. The second-order valence-electron chi connectivity index (χ2n) is 8.26. The molecule has 0 radical (unpaired) electrons. The summed E-state index contributed by atoms with van der Waals surface area (Å²) in [6.45, 7) is 6.41. The molecule has 3 amide bonds. The first kappa shape index (κ1) is 26.6. The van der Waals surface area contributed by atoms with Crippen LogP contribution in [0.4, 0.5) is 9.93 Å². The first-order valence-corrected chi connectivity index (χ1v) is 11.1. The van der Waals surface area contributed by atoms with E-state index in [1.807, 2.05) is 0 Å². The van der Waals surface area contributed by atoms with Crippen molar-refractivity contribution in [1.82, 2.24) is 15.6 Å². The summed E-state index contributed by atoms with van der Waals surface area (Å²) in [6.07, 6.45) is -0.740. The van der Waals surface area contributed by atoms with Crippen LogP contribution in [-0.2, 0) is 25.5 Å². The first-order valence-electron chi connectivity index (χ1n) is 10.3. The van der Waals surface area contributed by atoms with Crippen LogP contribution in [0.2, 0.25) is 0 Å². The molecule has 34 heavy (non-hydrogen) atoms. The number of carbonyl (C=O) groups is 4. The van der Waals surface area contributed by atoms with Gasteiger partial charge in [0, 0.05) is 0 Å². The van der Waals surface area contributed by atoms with E-state index >= 15 is 0 Å². The zero-order valence-corrected chi connectivity index (χ0v) is 20.4. The number of ether oxygens (including phenoxy) is 2. The van der Waals surface area contributed by atoms with Crippen LogP contribution in [0, 0.1) is 6.92 Å². The van der Waals surface area contributed by atoms with Crippen molar-refractivity contribution in [2.24, 2.45) is 0 Å². The predicted molar refractivity (Wildman–Crippen MR) is 125 cm³/mol. The number of anilines is 1. The van der Waals surface area contributed by atoms with E-state index in [2.05, 4.69) is 20.9 Å². The lowest BCUT2D eigenvalue weighted by atomic mass is 10.1. The van der Waals surface area contributed by atoms with Crippen LogP contribution in [-0.4, -0.2) is 59.3 Å². The molecule has 12 heteroatoms. The van der Waals surface area contributed by atoms with Crippen LogP contribution in [0.25, 0.3) is 0 Å². The molecule has 2 rings (SSSR count). The molecule has 0 bridgehead atoms. The number of aromatic nitrogens is 1. The summed E-state index contributed by atoms with van der Waals surface area (Å²) >= 11 is 0.935. The molecular weight excluding hydrogens is 464 g/mol. The molecule has 0 fully saturated rings. The van der Waals surface area contributed by atoms with Gasteiger partial charge in [-0.2, -0.15) is 0 Å². The van der Waals surface area contributed by atoms with Crippen molar-refractivity contribution in [2.75, 3.05) is 19.0 Å². The van der Waals surface area contributed by atoms with Crippen LogP contribution in [0.3, 0.4) is 0 Å². The number of hydrogen-bond acceptors (Lipinski definition) is 9. The van der Waals surface area contributed by atoms with Gasteiger partial charge in [-0.05, 0) is 45.4 Å². The molecule has 1 aromatic heterocycles. The molecule has 1 aromatic carbocycles. The number of thiazole rings is 1. The van der Waals surface area contributed by atoms with Gasteiger partial charge in [-0.3, -0.25) is 9.59 Å². The topological polar surface area (TPSA) is 156 Å². The number of phenolic OH excluding ortho intramolecular Hbond substituents is 1. The molecule has 0 saturated carbocycles. The number of nitrogens with zero attached hydrogens (tertiary/aromatic N) is 1. The molecule has 0 aliphatic rings. The second kappa shape index (κ2) is 11.5. The molecular formula is C22H28N4O7S. The Morgan fingerprint density at radius 3 is 2.53 bits per heavy atom. The quantitative estimate of drug-likeness (QED) is 0.408. The molecule has 0 aliphatic heterocycles. The molecule has 2 aromatic rings. The fourth-order valence-electron chi connectivity index (χ4n) is 2.73. The number of esters is 1. The van der Waals surface area contributed by atoms with Crippen molar-refractivity contribution < 1.29 is 33.8 Å². The minimum Gasteiger partial charge on any atom is -0.508 e. The van der Waals surface area contributed by atoms with Gasteiger partial charge in [0.2, 0.25) is 5.91 Å². The van der Waals surface area contributed by atoms with Crippen molar-refractivity contribution in [3.05, 3.63) is 40.4 Å². The van der Waals surface area contributed by atoms with E-state index in [4.69, 9.17) is 9.47 Å². The summed E-state index contributed by atoms with van der Waals surface area (Å²) in [5.41, 5.74) is 0.233. The van der Waals surface area contributed by atoms with Crippen molar-refractivity contribution in [3.8, 4) is 5.75 Å². The standard InChI is InChI=1S/C22H28N4O7S/c1-12-17(34-20(24-12)26-16(28)10-13-7-6-8-14(27)9-13)18(29)25-15(19(30)32-5)11-23-21(31)33-22(2,3)4/h6-9,15,27H,10-11H2,1-5H3,(H,23,31)(H,25,29)(H,24,26,28)/t15-/m0/s1. The largest absolute Gasteiger partial charge is 0.508 e. The summed E-state index contributed by atoms with van der Waals surface area (Å²) in [7, 11) is 1.16. The SMILES string of the molecule is COC(=O)[C@H](CNC(=O)OC(C)(C)C)NC(=O)c1sc(NC(=O)Cc2cccc(O)c2)nc1C. The average molecular weight is 493 g/mol. The molecule has 11 nitrogen and oxygen atoms in total. The number of phenols is 1. The highest BCUT2D eigenvalue weighted by Crippen LogP contribution is 2.23. The lowest BCUT2D eigenvalue weighted by Crippen LogP contribution is -2.49. The number of aryl methyl sites for hydroxylation is 1. The summed E-state index contributed by atoms with van der Waals surface area (Å²) in [6, 6.07) is 5.13. The number of rotatable bonds is 8. The zero-order valence-electron chi connectivity index (χ0n) is 19.6. The number of hydrogen-bond donors (Lipinski definition) is 4. The van der Waals surface area contributed by atoms with E-state index < -0.39 is 29.6 Å². The highest BCUT2D eigenvalue weighted by atomic mass is 32.1. The van der Waals surface area contributed by atoms with Crippen molar-refractivity contribution in [2.45, 2.75) is 45.8 Å². The summed E-state index contributed by atoms with van der Waals surface area (Å²) in [5.74, 6) is -1.70. The Morgan fingerprint density at radius 1 is 1.21 bits per heavy atom. The molecule has 0 spiro atoms. The molecule has 184 valence electrons. The molecule has 1 heterocycles. The Balaban J connectivity index is 2.02. The van der Waals surface area contributed by atoms with Gasteiger partial charge in [0.15, 0.2) is 5.13 Å². The van der Waals surface area contributed by atoms with Crippen molar-refractivity contribution in [3.63, 3.8) is 0 Å². The molecule has 4 N–H and O–H groups in total. The normalized spacial score (nSPS) is 11.8. The highest BCUT2D eigenvalue weighted by molar-refractivity contribution is 7.17. The van der Waals surface area contributed by atoms with Gasteiger partial charge >= 0.3 is 12.1 Å². The third kappa shape index (κ3) is 8.35. The van der Waals surface area contributed by atoms with E-state index in [1.54, 1.807) is 39.8 Å². The van der Waals surface area contributed by atoms with Gasteiger partial charge in [0.25, 0.3) is 5.91 Å². The van der Waals surface area contributed by atoms with Crippen molar-refractivity contribution >= 4 is 40.3 Å². The van der Waals surface area contributed by atoms with Gasteiger partial charge in [-0.15, -0.1) is 0 Å². The summed E-state index contributed by atoms with van der Waals surface area (Å²) < 4.78 is 9.83. The maximum atomic E-state index is 12.8. The van der Waals surface area contributed by atoms with Gasteiger partial charge in [-0.1, -0.05) is 23.5 Å². The number of aromatic hydroxyl groups is 1. The van der Waals surface area contributed by atoms with E-state index in [-0.39, 0.29) is 34.6 Å². The smallest absolute Gasteiger partial charge is 0.407 e. The summed E-state index contributed by atoms with van der Waals surface area (Å²) in [5, 5.41) is 17.3. The van der Waals surface area contributed by atoms with Gasteiger partial charge in [0.05, 0.1) is 25.8 Å². The Labute approximate surface area is 200 Å². The van der Waals surface area contributed by atoms with Gasteiger partial charge in [-0.25, -0.2) is 14.6 Å². The van der Waals surface area contributed by atoms with Crippen LogP contribution >= 0.6 is 11.3 Å². The van der Waals surface area contributed by atoms with E-state index in [0.29, 0.717) is 11.3 Å². The first-order chi connectivity index (χ1) is 15.9. The fourth-order valence-corrected chi connectivity index (χ4v) is 3.62. The fraction of sp³-hybridized carbons (Fsp3) is 0.409. The number of amides is 3. The van der Waals surface area contributed by atoms with Crippen LogP contribution in [0.15, 0.2) is 24.3 Å². The minimum atomic E-state index is -1.17. The highest BCUT2D eigenvalue weighted by Gasteiger charge is 2.26. The number of alkyl carbamates (subject to hydrolysis) is 1. The minimum absolute atomic E-state index is 0.00923. The predicted octanol–water partition coefficient (Wildman–Crippen LogP) is 2.13. The third-order valence-corrected chi connectivity index (χ3v) is 5.24. The number of carbonyl (C=O) groups excluding carboxylic acids is 4. The number of benzene rings is 1. The summed E-state index contributed by atoms with van der Waals surface area (Å²) in [4.78, 5) is 53.4. The van der Waals surface area contributed by atoms with Crippen LogP contribution < -0.4 is 16.0 Å². The van der Waals surface area contributed by atoms with E-state index in [0.717, 1.165) is 18.4 Å². The lowest BCUT2D eigenvalue weighted by Gasteiger charge is -2.21. The van der Waals surface area contributed by atoms with E-state index in [9.17, 15) is 24.3 Å². The maximum absolute atomic E-state index is 12.8. The van der Waals surface area contributed by atoms with Gasteiger partial charge in [0.1, 0.15) is 22.3 Å². The Bertz CT molecular complexity index is 1060. The van der Waals surface area contributed by atoms with Gasteiger partial charge < -0.3 is 30.5 Å². The lowest BCUT2D eigenvalue weighted by molar-refractivity contribution is -0.142. The van der Waals surface area contributed by atoms with Crippen LogP contribution in [0.5, 0.6) is 5.75 Å². The maximum Gasteiger partial charge on any atom is 0.407 e. The Kier molecular flexibility index (Phi) is 8.96. The van der Waals surface area contributed by atoms with Crippen molar-refractivity contribution in [1.29, 1.82) is 0 Å². The monoisotopic (exact) mass is 492 g/mol.